The SMILES string of the molecule is CCCNC(c1cc(Br)sc1C)C1CCOCC1. The first-order valence-electron chi connectivity index (χ1n) is 6.79. The average Bonchev–Trinajstić information content (AvgIpc) is 2.70. The van der Waals surface area contributed by atoms with Crippen molar-refractivity contribution in [1.29, 1.82) is 0 Å². The third kappa shape index (κ3) is 3.56. The summed E-state index contributed by atoms with van der Waals surface area (Å²) in [7, 11) is 0. The summed E-state index contributed by atoms with van der Waals surface area (Å²) < 4.78 is 6.73. The highest BCUT2D eigenvalue weighted by Crippen LogP contribution is 2.37. The topological polar surface area (TPSA) is 21.3 Å². The van der Waals surface area contributed by atoms with E-state index in [0.717, 1.165) is 19.8 Å². The zero-order valence-corrected chi connectivity index (χ0v) is 13.6. The summed E-state index contributed by atoms with van der Waals surface area (Å²) >= 11 is 5.45. The molecule has 1 fully saturated rings. The second kappa shape index (κ2) is 7.04. The van der Waals surface area contributed by atoms with E-state index in [4.69, 9.17) is 4.74 Å². The molecule has 0 aliphatic carbocycles. The molecule has 1 aromatic heterocycles. The lowest BCUT2D eigenvalue weighted by molar-refractivity contribution is 0.0536. The van der Waals surface area contributed by atoms with Crippen molar-refractivity contribution in [2.75, 3.05) is 19.8 Å². The van der Waals surface area contributed by atoms with E-state index in [0.29, 0.717) is 12.0 Å². The van der Waals surface area contributed by atoms with Crippen LogP contribution in [0, 0.1) is 12.8 Å². The maximum Gasteiger partial charge on any atom is 0.0704 e. The van der Waals surface area contributed by atoms with Crippen LogP contribution < -0.4 is 5.32 Å². The van der Waals surface area contributed by atoms with Gasteiger partial charge in [-0.25, -0.2) is 0 Å². The standard InChI is InChI=1S/C14H22BrNOS/c1-3-6-16-14(11-4-7-17-8-5-11)12-9-13(15)18-10(12)2/h9,11,14,16H,3-8H2,1-2H3. The Morgan fingerprint density at radius 1 is 1.50 bits per heavy atom. The monoisotopic (exact) mass is 331 g/mol. The van der Waals surface area contributed by atoms with Gasteiger partial charge in [-0.15, -0.1) is 11.3 Å². The number of hydrogen-bond donors (Lipinski definition) is 1. The van der Waals surface area contributed by atoms with Gasteiger partial charge in [0.05, 0.1) is 3.79 Å². The molecule has 2 nitrogen and oxygen atoms in total. The molecule has 0 aromatic carbocycles. The normalized spacial score (nSPS) is 19.1. The molecule has 2 heterocycles. The van der Waals surface area contributed by atoms with E-state index in [1.165, 1.54) is 33.5 Å². The van der Waals surface area contributed by atoms with Crippen LogP contribution >= 0.6 is 27.3 Å². The molecule has 18 heavy (non-hydrogen) atoms. The van der Waals surface area contributed by atoms with Gasteiger partial charge >= 0.3 is 0 Å². The smallest absolute Gasteiger partial charge is 0.0704 e. The van der Waals surface area contributed by atoms with E-state index in [9.17, 15) is 0 Å². The number of halogens is 1. The molecule has 0 bridgehead atoms. The van der Waals surface area contributed by atoms with Crippen molar-refractivity contribution >= 4 is 27.3 Å². The molecule has 0 saturated carbocycles. The molecular formula is C14H22BrNOS. The molecule has 1 aliphatic heterocycles. The highest BCUT2D eigenvalue weighted by Gasteiger charge is 2.26. The van der Waals surface area contributed by atoms with Gasteiger partial charge in [-0.1, -0.05) is 6.92 Å². The number of aryl methyl sites for hydroxylation is 1. The van der Waals surface area contributed by atoms with Crippen molar-refractivity contribution in [3.05, 3.63) is 20.3 Å². The predicted molar refractivity (Wildman–Crippen MR) is 81.3 cm³/mol. The summed E-state index contributed by atoms with van der Waals surface area (Å²) in [5.74, 6) is 0.713. The zero-order valence-electron chi connectivity index (χ0n) is 11.2. The summed E-state index contributed by atoms with van der Waals surface area (Å²) in [6.07, 6.45) is 3.53. The van der Waals surface area contributed by atoms with E-state index in [2.05, 4.69) is 41.2 Å². The van der Waals surface area contributed by atoms with Crippen LogP contribution in [0.3, 0.4) is 0 Å². The first kappa shape index (κ1) is 14.5. The molecule has 1 N–H and O–H groups in total. The lowest BCUT2D eigenvalue weighted by atomic mass is 9.87. The summed E-state index contributed by atoms with van der Waals surface area (Å²) in [6.45, 7) is 7.38. The Bertz CT molecular complexity index is 374. The van der Waals surface area contributed by atoms with Gasteiger partial charge in [0, 0.05) is 24.1 Å². The van der Waals surface area contributed by atoms with Crippen molar-refractivity contribution in [2.24, 2.45) is 5.92 Å². The minimum absolute atomic E-state index is 0.497. The molecule has 2 rings (SSSR count). The predicted octanol–water partition coefficient (Wildman–Crippen LogP) is 4.29. The molecule has 1 aliphatic rings. The van der Waals surface area contributed by atoms with E-state index < -0.39 is 0 Å². The Hall–Kier alpha value is 0.1000. The summed E-state index contributed by atoms with van der Waals surface area (Å²) in [5.41, 5.74) is 1.48. The van der Waals surface area contributed by atoms with Crippen LogP contribution in [0.5, 0.6) is 0 Å². The quantitative estimate of drug-likeness (QED) is 0.869. The maximum atomic E-state index is 5.49. The largest absolute Gasteiger partial charge is 0.381 e. The van der Waals surface area contributed by atoms with Gasteiger partial charge in [0.1, 0.15) is 0 Å². The molecule has 1 atom stereocenters. The van der Waals surface area contributed by atoms with E-state index in [-0.39, 0.29) is 0 Å². The summed E-state index contributed by atoms with van der Waals surface area (Å²) in [6, 6.07) is 2.79. The fourth-order valence-corrected chi connectivity index (χ4v) is 4.40. The molecule has 1 unspecified atom stereocenters. The Labute approximate surface area is 122 Å². The fourth-order valence-electron chi connectivity index (χ4n) is 2.65. The molecule has 0 spiro atoms. The van der Waals surface area contributed by atoms with Crippen LogP contribution in [0.2, 0.25) is 0 Å². The lowest BCUT2D eigenvalue weighted by Crippen LogP contribution is -2.32. The van der Waals surface area contributed by atoms with Gasteiger partial charge in [0.2, 0.25) is 0 Å². The minimum atomic E-state index is 0.497. The third-order valence-electron chi connectivity index (χ3n) is 3.61. The van der Waals surface area contributed by atoms with Gasteiger partial charge in [0.15, 0.2) is 0 Å². The van der Waals surface area contributed by atoms with Gasteiger partial charge in [-0.2, -0.15) is 0 Å². The number of rotatable bonds is 5. The maximum absolute atomic E-state index is 5.49. The molecule has 1 saturated heterocycles. The Morgan fingerprint density at radius 2 is 2.22 bits per heavy atom. The number of hydrogen-bond acceptors (Lipinski definition) is 3. The van der Waals surface area contributed by atoms with Crippen LogP contribution in [-0.2, 0) is 4.74 Å². The Balaban J connectivity index is 2.15. The molecule has 0 radical (unpaired) electrons. The molecule has 102 valence electrons. The van der Waals surface area contributed by atoms with Gasteiger partial charge < -0.3 is 10.1 Å². The number of nitrogens with one attached hydrogen (secondary N) is 1. The molecule has 4 heteroatoms. The second-order valence-corrected chi connectivity index (χ2v) is 7.58. The lowest BCUT2D eigenvalue weighted by Gasteiger charge is -2.31. The van der Waals surface area contributed by atoms with Gasteiger partial charge in [-0.3, -0.25) is 0 Å². The van der Waals surface area contributed by atoms with Crippen LogP contribution in [0.25, 0.3) is 0 Å². The first-order valence-corrected chi connectivity index (χ1v) is 8.40. The van der Waals surface area contributed by atoms with Gasteiger partial charge in [-0.05, 0) is 66.2 Å². The number of ether oxygens (including phenoxy) is 1. The van der Waals surface area contributed by atoms with Crippen LogP contribution in [0.4, 0.5) is 0 Å². The Kier molecular flexibility index (Phi) is 5.67. The second-order valence-electron chi connectivity index (χ2n) is 4.94. The summed E-state index contributed by atoms with van der Waals surface area (Å²) in [5, 5.41) is 3.74. The minimum Gasteiger partial charge on any atom is -0.381 e. The zero-order chi connectivity index (χ0) is 13.0. The van der Waals surface area contributed by atoms with Crippen LogP contribution in [0.1, 0.15) is 42.7 Å². The number of thiophene rings is 1. The van der Waals surface area contributed by atoms with Crippen molar-refractivity contribution in [3.63, 3.8) is 0 Å². The third-order valence-corrected chi connectivity index (χ3v) is 5.18. The fraction of sp³-hybridized carbons (Fsp3) is 0.714. The highest BCUT2D eigenvalue weighted by atomic mass is 79.9. The van der Waals surface area contributed by atoms with E-state index >= 15 is 0 Å². The Morgan fingerprint density at radius 3 is 2.78 bits per heavy atom. The highest BCUT2D eigenvalue weighted by molar-refractivity contribution is 9.11. The van der Waals surface area contributed by atoms with E-state index in [1.807, 2.05) is 11.3 Å². The summed E-state index contributed by atoms with van der Waals surface area (Å²) in [4.78, 5) is 1.43. The first-order chi connectivity index (χ1) is 8.72. The molecule has 0 amide bonds. The molecular weight excluding hydrogens is 310 g/mol. The molecule has 1 aromatic rings. The average molecular weight is 332 g/mol. The van der Waals surface area contributed by atoms with Crippen LogP contribution in [0.15, 0.2) is 9.85 Å². The van der Waals surface area contributed by atoms with Gasteiger partial charge in [0.25, 0.3) is 0 Å². The van der Waals surface area contributed by atoms with Crippen molar-refractivity contribution in [2.45, 2.75) is 39.2 Å². The van der Waals surface area contributed by atoms with E-state index in [1.54, 1.807) is 0 Å². The van der Waals surface area contributed by atoms with Crippen molar-refractivity contribution in [1.82, 2.24) is 5.32 Å². The van der Waals surface area contributed by atoms with Crippen molar-refractivity contribution < 1.29 is 4.74 Å². The van der Waals surface area contributed by atoms with Crippen LogP contribution in [-0.4, -0.2) is 19.8 Å². The van der Waals surface area contributed by atoms with Crippen molar-refractivity contribution in [3.8, 4) is 0 Å².